The lowest BCUT2D eigenvalue weighted by Gasteiger charge is -2.19. The number of benzene rings is 2. The van der Waals surface area contributed by atoms with Gasteiger partial charge in [-0.1, -0.05) is 80.1 Å². The molecule has 1 atom stereocenters. The Hall–Kier alpha value is -3.76. The van der Waals surface area contributed by atoms with E-state index < -0.39 is 12.2 Å². The third-order valence-corrected chi connectivity index (χ3v) is 6.75. The maximum absolute atomic E-state index is 12.2. The summed E-state index contributed by atoms with van der Waals surface area (Å²) < 4.78 is 10.4. The molecule has 2 heterocycles. The fourth-order valence-corrected chi connectivity index (χ4v) is 4.37. The van der Waals surface area contributed by atoms with Crippen molar-refractivity contribution < 1.29 is 19.1 Å². The van der Waals surface area contributed by atoms with Crippen molar-refractivity contribution in [3.05, 3.63) is 105 Å². The number of hydrogen-bond donors (Lipinski definition) is 2. The lowest BCUT2D eigenvalue weighted by molar-refractivity contribution is 0.134. The largest absolute Gasteiger partial charge is 0.444 e. The van der Waals surface area contributed by atoms with Gasteiger partial charge in [-0.3, -0.25) is 9.97 Å². The standard InChI is InChI=1S/C21H24N4O4S2.C7H8.C2H6/c26-20(28-12-18-10-22-14-30-18)24-8-4-7-17(9-16-5-2-1-3-6-16)25-21(27)29-13-19-11-23-15-31-19;1-7-5-3-2-4-6-7;1-2/h1-3,5-6,10-11,14-15,17H,4,7-9,12-13H2,(H,24,26)(H,25,27);2-6H,1H3;1-2H3/t17-;;/m1../s1. The van der Waals surface area contributed by atoms with E-state index in [9.17, 15) is 9.59 Å². The number of aryl methyl sites for hydroxylation is 1. The number of nitrogens with zero attached hydrogens (tertiary/aromatic N) is 2. The molecule has 0 bridgehead atoms. The summed E-state index contributed by atoms with van der Waals surface area (Å²) in [5.41, 5.74) is 5.83. The van der Waals surface area contributed by atoms with Gasteiger partial charge in [0, 0.05) is 25.0 Å². The second kappa shape index (κ2) is 20.2. The van der Waals surface area contributed by atoms with Crippen molar-refractivity contribution in [2.75, 3.05) is 6.54 Å². The summed E-state index contributed by atoms with van der Waals surface area (Å²) in [6.07, 6.45) is 4.45. The van der Waals surface area contributed by atoms with Gasteiger partial charge in [-0.15, -0.1) is 22.7 Å². The highest BCUT2D eigenvalue weighted by Gasteiger charge is 2.15. The first-order chi connectivity index (χ1) is 19.6. The molecule has 0 spiro atoms. The predicted molar refractivity (Wildman–Crippen MR) is 161 cm³/mol. The maximum Gasteiger partial charge on any atom is 0.407 e. The summed E-state index contributed by atoms with van der Waals surface area (Å²) in [4.78, 5) is 33.7. The molecule has 214 valence electrons. The van der Waals surface area contributed by atoms with Crippen LogP contribution in [0.5, 0.6) is 0 Å². The van der Waals surface area contributed by atoms with E-state index in [0.717, 1.165) is 15.3 Å². The lowest BCUT2D eigenvalue weighted by atomic mass is 10.0. The van der Waals surface area contributed by atoms with Gasteiger partial charge in [0.05, 0.1) is 20.8 Å². The molecule has 0 fully saturated rings. The van der Waals surface area contributed by atoms with E-state index in [1.54, 1.807) is 23.4 Å². The Morgan fingerprint density at radius 2 is 1.38 bits per heavy atom. The highest BCUT2D eigenvalue weighted by molar-refractivity contribution is 7.09. The van der Waals surface area contributed by atoms with Crippen LogP contribution in [0.4, 0.5) is 9.59 Å². The first kappa shape index (κ1) is 32.5. The van der Waals surface area contributed by atoms with E-state index in [0.29, 0.717) is 25.8 Å². The van der Waals surface area contributed by atoms with E-state index in [1.807, 2.05) is 62.4 Å². The van der Waals surface area contributed by atoms with Crippen molar-refractivity contribution in [2.45, 2.75) is 59.3 Å². The summed E-state index contributed by atoms with van der Waals surface area (Å²) in [5, 5.41) is 5.67. The fourth-order valence-electron chi connectivity index (χ4n) is 3.36. The van der Waals surface area contributed by atoms with Crippen LogP contribution in [0.3, 0.4) is 0 Å². The third-order valence-electron chi connectivity index (χ3n) is 5.24. The molecular formula is C30H38N4O4S2. The van der Waals surface area contributed by atoms with Crippen LogP contribution in [0.2, 0.25) is 0 Å². The minimum Gasteiger partial charge on any atom is -0.444 e. The highest BCUT2D eigenvalue weighted by atomic mass is 32.1. The van der Waals surface area contributed by atoms with E-state index >= 15 is 0 Å². The third kappa shape index (κ3) is 14.4. The minimum absolute atomic E-state index is 0.119. The van der Waals surface area contributed by atoms with Gasteiger partial charge in [0.2, 0.25) is 0 Å². The van der Waals surface area contributed by atoms with Crippen LogP contribution < -0.4 is 10.6 Å². The van der Waals surface area contributed by atoms with Crippen LogP contribution in [0.15, 0.2) is 84.1 Å². The van der Waals surface area contributed by atoms with Crippen molar-refractivity contribution in [1.29, 1.82) is 0 Å². The number of rotatable bonds is 11. The van der Waals surface area contributed by atoms with Crippen LogP contribution in [0.25, 0.3) is 0 Å². The second-order valence-corrected chi connectivity index (χ2v) is 10.3. The second-order valence-electron chi connectivity index (χ2n) is 8.34. The quantitative estimate of drug-likeness (QED) is 0.182. The van der Waals surface area contributed by atoms with Gasteiger partial charge in [0.1, 0.15) is 13.2 Å². The number of alkyl carbamates (subject to hydrolysis) is 2. The van der Waals surface area contributed by atoms with E-state index in [1.165, 1.54) is 28.2 Å². The molecule has 4 rings (SSSR count). The summed E-state index contributed by atoms with van der Waals surface area (Å²) in [6, 6.07) is 20.1. The Labute approximate surface area is 244 Å². The summed E-state index contributed by atoms with van der Waals surface area (Å²) >= 11 is 2.87. The first-order valence-corrected chi connectivity index (χ1v) is 15.0. The van der Waals surface area contributed by atoms with Gasteiger partial charge < -0.3 is 20.1 Å². The summed E-state index contributed by atoms with van der Waals surface area (Å²) in [6.45, 7) is 6.94. The van der Waals surface area contributed by atoms with Gasteiger partial charge in [0.25, 0.3) is 0 Å². The molecule has 2 aromatic heterocycles. The SMILES string of the molecule is CC.Cc1ccccc1.O=C(NCCC[C@H](Cc1ccccc1)NC(=O)OCc1cncs1)OCc1cncs1. The number of carbonyl (C=O) groups is 2. The number of hydrogen-bond acceptors (Lipinski definition) is 8. The normalized spacial score (nSPS) is 10.6. The minimum atomic E-state index is -0.468. The molecule has 8 nitrogen and oxygen atoms in total. The number of carbonyl (C=O) groups excluding carboxylic acids is 2. The molecule has 0 saturated heterocycles. The maximum atomic E-state index is 12.2. The average Bonchev–Trinajstić information content (AvgIpc) is 3.70. The van der Waals surface area contributed by atoms with Gasteiger partial charge in [-0.2, -0.15) is 0 Å². The van der Waals surface area contributed by atoms with Crippen LogP contribution in [-0.4, -0.2) is 34.7 Å². The molecule has 0 aliphatic carbocycles. The van der Waals surface area contributed by atoms with Gasteiger partial charge >= 0.3 is 12.2 Å². The molecule has 0 aliphatic rings. The van der Waals surface area contributed by atoms with Crippen LogP contribution in [0.1, 0.15) is 47.6 Å². The zero-order chi connectivity index (χ0) is 28.8. The van der Waals surface area contributed by atoms with Crippen LogP contribution in [0, 0.1) is 6.92 Å². The number of nitrogens with one attached hydrogen (secondary N) is 2. The molecule has 2 aromatic carbocycles. The summed E-state index contributed by atoms with van der Waals surface area (Å²) in [7, 11) is 0. The Morgan fingerprint density at radius 1 is 0.825 bits per heavy atom. The van der Waals surface area contributed by atoms with Gasteiger partial charge in [-0.05, 0) is 31.7 Å². The number of aromatic nitrogens is 2. The first-order valence-electron chi connectivity index (χ1n) is 13.2. The van der Waals surface area contributed by atoms with Gasteiger partial charge in [-0.25, -0.2) is 9.59 Å². The topological polar surface area (TPSA) is 102 Å². The molecule has 0 aliphatic heterocycles. The van der Waals surface area contributed by atoms with Crippen molar-refractivity contribution in [2.24, 2.45) is 0 Å². The molecule has 0 saturated carbocycles. The number of ether oxygens (including phenoxy) is 2. The number of amides is 2. The smallest absolute Gasteiger partial charge is 0.407 e. The van der Waals surface area contributed by atoms with E-state index in [4.69, 9.17) is 9.47 Å². The van der Waals surface area contributed by atoms with Crippen molar-refractivity contribution in [1.82, 2.24) is 20.6 Å². The zero-order valence-electron chi connectivity index (χ0n) is 23.2. The molecule has 2 N–H and O–H groups in total. The molecule has 40 heavy (non-hydrogen) atoms. The van der Waals surface area contributed by atoms with Crippen molar-refractivity contribution in [3.63, 3.8) is 0 Å². The number of thiazole rings is 2. The fraction of sp³-hybridized carbons (Fsp3) is 0.333. The van der Waals surface area contributed by atoms with Crippen LogP contribution >= 0.6 is 22.7 Å². The predicted octanol–water partition coefficient (Wildman–Crippen LogP) is 7.16. The monoisotopic (exact) mass is 582 g/mol. The Kier molecular flexibility index (Phi) is 16.4. The molecule has 4 aromatic rings. The molecule has 10 heteroatoms. The molecule has 2 amide bonds. The van der Waals surface area contributed by atoms with Crippen LogP contribution in [-0.2, 0) is 29.1 Å². The average molecular weight is 583 g/mol. The molecule has 0 unspecified atom stereocenters. The Bertz CT molecular complexity index is 1180. The van der Waals surface area contributed by atoms with Crippen molar-refractivity contribution in [3.8, 4) is 0 Å². The van der Waals surface area contributed by atoms with E-state index in [2.05, 4.69) is 39.7 Å². The zero-order valence-corrected chi connectivity index (χ0v) is 24.9. The lowest BCUT2D eigenvalue weighted by Crippen LogP contribution is -2.37. The van der Waals surface area contributed by atoms with Crippen molar-refractivity contribution >= 4 is 34.9 Å². The Balaban J connectivity index is 0.000000534. The summed E-state index contributed by atoms with van der Waals surface area (Å²) in [5.74, 6) is 0. The van der Waals surface area contributed by atoms with Gasteiger partial charge in [0.15, 0.2) is 0 Å². The molecule has 0 radical (unpaired) electrons. The Morgan fingerprint density at radius 3 is 1.88 bits per heavy atom. The highest BCUT2D eigenvalue weighted by Crippen LogP contribution is 2.10. The van der Waals surface area contributed by atoms with E-state index in [-0.39, 0.29) is 19.3 Å². The molecular weight excluding hydrogens is 544 g/mol.